The smallest absolute Gasteiger partial charge is 0.263 e. The molecule has 0 atom stereocenters. The Morgan fingerprint density at radius 1 is 1.53 bits per heavy atom. The van der Waals surface area contributed by atoms with Gasteiger partial charge in [-0.3, -0.25) is 4.79 Å². The molecule has 98 valence electrons. The number of hydrogen-bond acceptors (Lipinski definition) is 5. The minimum absolute atomic E-state index is 0.134. The summed E-state index contributed by atoms with van der Waals surface area (Å²) >= 11 is 6.25. The van der Waals surface area contributed by atoms with Gasteiger partial charge in [-0.1, -0.05) is 30.0 Å². The van der Waals surface area contributed by atoms with E-state index in [9.17, 15) is 4.79 Å². The second-order valence-electron chi connectivity index (χ2n) is 4.35. The van der Waals surface area contributed by atoms with E-state index in [4.69, 9.17) is 17.0 Å². The van der Waals surface area contributed by atoms with Gasteiger partial charge >= 0.3 is 0 Å². The highest BCUT2D eigenvalue weighted by molar-refractivity contribution is 8.26. The number of anilines is 1. The Balaban J connectivity index is 1.93. The van der Waals surface area contributed by atoms with Crippen molar-refractivity contribution in [3.8, 4) is 5.75 Å². The highest BCUT2D eigenvalue weighted by Gasteiger charge is 2.22. The molecule has 0 aromatic heterocycles. The molecule has 0 aliphatic carbocycles. The van der Waals surface area contributed by atoms with Crippen LogP contribution in [0.1, 0.15) is 5.56 Å². The Hall–Kier alpha value is -1.53. The van der Waals surface area contributed by atoms with Crippen molar-refractivity contribution in [1.82, 2.24) is 5.32 Å². The van der Waals surface area contributed by atoms with Gasteiger partial charge in [0.2, 0.25) is 0 Å². The van der Waals surface area contributed by atoms with Crippen molar-refractivity contribution >= 4 is 46.0 Å². The van der Waals surface area contributed by atoms with Gasteiger partial charge in [0.1, 0.15) is 16.7 Å². The molecule has 1 aromatic carbocycles. The van der Waals surface area contributed by atoms with E-state index in [1.54, 1.807) is 0 Å². The van der Waals surface area contributed by atoms with Crippen LogP contribution >= 0.6 is 24.0 Å². The van der Waals surface area contributed by atoms with Crippen molar-refractivity contribution in [3.05, 3.63) is 28.7 Å². The Morgan fingerprint density at radius 2 is 2.37 bits per heavy atom. The molecule has 0 bridgehead atoms. The second kappa shape index (κ2) is 4.86. The first-order chi connectivity index (χ1) is 9.13. The summed E-state index contributed by atoms with van der Waals surface area (Å²) in [4.78, 5) is 14.4. The zero-order chi connectivity index (χ0) is 13.4. The normalized spacial score (nSPS) is 20.3. The number of carbonyl (C=O) groups excluding carboxylic acids is 1. The Labute approximate surface area is 120 Å². The van der Waals surface area contributed by atoms with Gasteiger partial charge in [-0.15, -0.1) is 0 Å². The first-order valence-electron chi connectivity index (χ1n) is 5.86. The lowest BCUT2D eigenvalue weighted by atomic mass is 10.1. The third kappa shape index (κ3) is 2.46. The molecule has 3 rings (SSSR count). The third-order valence-electron chi connectivity index (χ3n) is 3.02. The van der Waals surface area contributed by atoms with E-state index in [2.05, 4.69) is 10.2 Å². The van der Waals surface area contributed by atoms with Crippen LogP contribution in [0.15, 0.2) is 23.1 Å². The molecule has 0 spiro atoms. The topological polar surface area (TPSA) is 41.6 Å². The Kier molecular flexibility index (Phi) is 3.20. The molecule has 19 heavy (non-hydrogen) atoms. The van der Waals surface area contributed by atoms with E-state index in [0.717, 1.165) is 23.5 Å². The van der Waals surface area contributed by atoms with Gasteiger partial charge in [0.15, 0.2) is 0 Å². The first kappa shape index (κ1) is 12.5. The number of thiocarbonyl (C=S) groups is 1. The summed E-state index contributed by atoms with van der Waals surface area (Å²) in [7, 11) is 2.04. The number of rotatable bonds is 1. The lowest BCUT2D eigenvalue weighted by Gasteiger charge is -2.27. The molecule has 4 nitrogen and oxygen atoms in total. The van der Waals surface area contributed by atoms with E-state index < -0.39 is 0 Å². The van der Waals surface area contributed by atoms with Crippen LogP contribution in [0.3, 0.4) is 0 Å². The van der Waals surface area contributed by atoms with Crippen molar-refractivity contribution < 1.29 is 9.53 Å². The number of likely N-dealkylation sites (N-methyl/N-ethyl adjacent to an activating group) is 1. The first-order valence-corrected chi connectivity index (χ1v) is 7.09. The fourth-order valence-corrected chi connectivity index (χ4v) is 3.08. The molecule has 0 radical (unpaired) electrons. The molecule has 1 N–H and O–H groups in total. The number of thioether (sulfide) groups is 1. The number of hydrogen-bond donors (Lipinski definition) is 1. The molecule has 6 heteroatoms. The predicted molar refractivity (Wildman–Crippen MR) is 81.5 cm³/mol. The van der Waals surface area contributed by atoms with E-state index in [-0.39, 0.29) is 5.91 Å². The lowest BCUT2D eigenvalue weighted by molar-refractivity contribution is -0.115. The second-order valence-corrected chi connectivity index (χ2v) is 6.07. The SMILES string of the molecule is CN1CCOc2cc(/C=C3\SC(=S)NC3=O)ccc21. The summed E-state index contributed by atoms with van der Waals surface area (Å²) in [5.41, 5.74) is 2.02. The van der Waals surface area contributed by atoms with Crippen molar-refractivity contribution in [2.45, 2.75) is 0 Å². The van der Waals surface area contributed by atoms with Crippen molar-refractivity contribution in [2.75, 3.05) is 25.1 Å². The molecule has 1 amide bonds. The number of benzene rings is 1. The zero-order valence-corrected chi connectivity index (χ0v) is 11.9. The number of fused-ring (bicyclic) bond motifs is 1. The minimum atomic E-state index is -0.134. The van der Waals surface area contributed by atoms with Gasteiger partial charge < -0.3 is 15.0 Å². The molecule has 1 saturated heterocycles. The summed E-state index contributed by atoms with van der Waals surface area (Å²) in [5.74, 6) is 0.722. The van der Waals surface area contributed by atoms with E-state index in [0.29, 0.717) is 15.8 Å². The average molecular weight is 292 g/mol. The van der Waals surface area contributed by atoms with Gasteiger partial charge in [0.25, 0.3) is 5.91 Å². The van der Waals surface area contributed by atoms with Crippen LogP contribution in [0.4, 0.5) is 5.69 Å². The van der Waals surface area contributed by atoms with E-state index >= 15 is 0 Å². The van der Waals surface area contributed by atoms with Gasteiger partial charge in [-0.2, -0.15) is 0 Å². The van der Waals surface area contributed by atoms with Crippen LogP contribution in [0.5, 0.6) is 5.75 Å². The maximum Gasteiger partial charge on any atom is 0.263 e. The van der Waals surface area contributed by atoms with Gasteiger partial charge in [-0.25, -0.2) is 0 Å². The third-order valence-corrected chi connectivity index (χ3v) is 4.18. The predicted octanol–water partition coefficient (Wildman–Crippen LogP) is 2.00. The van der Waals surface area contributed by atoms with Crippen molar-refractivity contribution in [2.24, 2.45) is 0 Å². The standard InChI is InChI=1S/C13H12N2O2S2/c1-15-4-5-17-10-6-8(2-3-9(10)15)7-11-12(16)14-13(18)19-11/h2-3,6-7H,4-5H2,1H3,(H,14,16,18)/b11-7-. The fourth-order valence-electron chi connectivity index (χ4n) is 2.04. The maximum atomic E-state index is 11.6. The van der Waals surface area contributed by atoms with Crippen LogP contribution in [0, 0.1) is 0 Å². The molecular formula is C13H12N2O2S2. The summed E-state index contributed by atoms with van der Waals surface area (Å²) in [6.07, 6.45) is 1.83. The van der Waals surface area contributed by atoms with Gasteiger partial charge in [0, 0.05) is 7.05 Å². The Bertz CT molecular complexity index is 598. The van der Waals surface area contributed by atoms with Crippen LogP contribution in [0.25, 0.3) is 6.08 Å². The van der Waals surface area contributed by atoms with Crippen molar-refractivity contribution in [1.29, 1.82) is 0 Å². The highest BCUT2D eigenvalue weighted by atomic mass is 32.2. The molecule has 0 unspecified atom stereocenters. The average Bonchev–Trinajstić information content (AvgIpc) is 2.68. The van der Waals surface area contributed by atoms with Crippen LogP contribution in [-0.4, -0.2) is 30.4 Å². The fraction of sp³-hybridized carbons (Fsp3) is 0.231. The molecule has 0 saturated carbocycles. The quantitative estimate of drug-likeness (QED) is 0.633. The Morgan fingerprint density at radius 3 is 3.11 bits per heavy atom. The number of ether oxygens (including phenoxy) is 1. The number of amides is 1. The number of nitrogens with zero attached hydrogens (tertiary/aromatic N) is 1. The summed E-state index contributed by atoms with van der Waals surface area (Å²) in [6.45, 7) is 1.57. The van der Waals surface area contributed by atoms with E-state index in [1.807, 2.05) is 31.3 Å². The zero-order valence-electron chi connectivity index (χ0n) is 10.3. The number of carbonyl (C=O) groups is 1. The lowest BCUT2D eigenvalue weighted by Crippen LogP contribution is -2.28. The van der Waals surface area contributed by atoms with Crippen LogP contribution in [-0.2, 0) is 4.79 Å². The van der Waals surface area contributed by atoms with Gasteiger partial charge in [-0.05, 0) is 23.8 Å². The van der Waals surface area contributed by atoms with Gasteiger partial charge in [0.05, 0.1) is 17.1 Å². The molecule has 1 fully saturated rings. The molecule has 2 heterocycles. The summed E-state index contributed by atoms with van der Waals surface area (Å²) in [6, 6.07) is 5.94. The number of nitrogens with one attached hydrogen (secondary N) is 1. The summed E-state index contributed by atoms with van der Waals surface area (Å²) < 4.78 is 6.15. The van der Waals surface area contributed by atoms with Crippen LogP contribution < -0.4 is 15.0 Å². The molecule has 2 aliphatic heterocycles. The van der Waals surface area contributed by atoms with E-state index in [1.165, 1.54) is 11.8 Å². The largest absolute Gasteiger partial charge is 0.490 e. The summed E-state index contributed by atoms with van der Waals surface area (Å²) in [5, 5.41) is 2.60. The minimum Gasteiger partial charge on any atom is -0.490 e. The highest BCUT2D eigenvalue weighted by Crippen LogP contribution is 2.33. The monoisotopic (exact) mass is 292 g/mol. The molecule has 1 aromatic rings. The molecule has 2 aliphatic rings. The van der Waals surface area contributed by atoms with Crippen LogP contribution in [0.2, 0.25) is 0 Å². The maximum absolute atomic E-state index is 11.6. The molecular weight excluding hydrogens is 280 g/mol. The van der Waals surface area contributed by atoms with Crippen molar-refractivity contribution in [3.63, 3.8) is 0 Å².